The van der Waals surface area contributed by atoms with Gasteiger partial charge in [0.05, 0.1) is 0 Å². The zero-order valence-corrected chi connectivity index (χ0v) is 11.5. The van der Waals surface area contributed by atoms with E-state index >= 15 is 0 Å². The molecule has 19 heavy (non-hydrogen) atoms. The van der Waals surface area contributed by atoms with Crippen molar-refractivity contribution >= 4 is 29.1 Å². The summed E-state index contributed by atoms with van der Waals surface area (Å²) in [7, 11) is 0. The molecule has 0 aliphatic heterocycles. The highest BCUT2D eigenvalue weighted by Crippen LogP contribution is 2.20. The summed E-state index contributed by atoms with van der Waals surface area (Å²) < 4.78 is 0. The van der Waals surface area contributed by atoms with Crippen molar-refractivity contribution in [3.8, 4) is 0 Å². The van der Waals surface area contributed by atoms with E-state index in [2.05, 4.69) is 10.6 Å². The number of carbonyl (C=O) groups is 2. The summed E-state index contributed by atoms with van der Waals surface area (Å²) in [4.78, 5) is 23.6. The molecule has 2 amide bonds. The van der Waals surface area contributed by atoms with Gasteiger partial charge in [0.15, 0.2) is 0 Å². The highest BCUT2D eigenvalue weighted by molar-refractivity contribution is 6.19. The minimum atomic E-state index is -0.259. The molecular formula is C14H17ClN2O2. The predicted molar refractivity (Wildman–Crippen MR) is 75.4 cm³/mol. The maximum absolute atomic E-state index is 11.9. The van der Waals surface area contributed by atoms with Crippen molar-refractivity contribution < 1.29 is 9.59 Å². The molecular weight excluding hydrogens is 264 g/mol. The van der Waals surface area contributed by atoms with E-state index in [1.807, 2.05) is 0 Å². The number of amides is 2. The average molecular weight is 281 g/mol. The van der Waals surface area contributed by atoms with Crippen LogP contribution in [-0.2, 0) is 4.79 Å². The van der Waals surface area contributed by atoms with E-state index in [0.717, 1.165) is 12.8 Å². The Morgan fingerprint density at radius 1 is 1.42 bits per heavy atom. The lowest BCUT2D eigenvalue weighted by Crippen LogP contribution is -2.26. The third-order valence-corrected chi connectivity index (χ3v) is 3.45. The van der Waals surface area contributed by atoms with Gasteiger partial charge in [-0.2, -0.15) is 0 Å². The molecule has 0 heterocycles. The first-order valence-corrected chi connectivity index (χ1v) is 6.91. The van der Waals surface area contributed by atoms with Gasteiger partial charge in [0.25, 0.3) is 5.91 Å². The van der Waals surface area contributed by atoms with Gasteiger partial charge in [-0.1, -0.05) is 13.0 Å². The minimum Gasteiger partial charge on any atom is -0.349 e. The van der Waals surface area contributed by atoms with Gasteiger partial charge < -0.3 is 10.6 Å². The number of alkyl halides is 1. The van der Waals surface area contributed by atoms with Gasteiger partial charge in [-0.05, 0) is 31.0 Å². The Morgan fingerprint density at radius 2 is 2.16 bits per heavy atom. The van der Waals surface area contributed by atoms with Crippen molar-refractivity contribution in [2.24, 2.45) is 5.92 Å². The summed E-state index contributed by atoms with van der Waals surface area (Å²) in [6.07, 6.45) is 2.10. The molecule has 4 nitrogen and oxygen atoms in total. The normalized spacial score (nSPS) is 15.7. The van der Waals surface area contributed by atoms with Crippen LogP contribution >= 0.6 is 11.6 Å². The lowest BCUT2D eigenvalue weighted by Gasteiger charge is -2.10. The Bertz CT molecular complexity index is 486. The van der Waals surface area contributed by atoms with Crippen LogP contribution in [0, 0.1) is 5.92 Å². The molecule has 0 radical (unpaired) electrons. The number of benzene rings is 1. The van der Waals surface area contributed by atoms with E-state index in [1.54, 1.807) is 31.2 Å². The van der Waals surface area contributed by atoms with Gasteiger partial charge >= 0.3 is 0 Å². The first-order valence-electron chi connectivity index (χ1n) is 6.38. The predicted octanol–water partition coefficient (Wildman–Crippen LogP) is 2.39. The summed E-state index contributed by atoms with van der Waals surface area (Å²) in [6, 6.07) is 7.24. The Balaban J connectivity index is 2.01. The maximum atomic E-state index is 11.9. The van der Waals surface area contributed by atoms with Crippen LogP contribution in [0.25, 0.3) is 0 Å². The van der Waals surface area contributed by atoms with E-state index in [1.165, 1.54) is 0 Å². The zero-order valence-electron chi connectivity index (χ0n) is 10.8. The molecule has 1 aliphatic rings. The van der Waals surface area contributed by atoms with Crippen molar-refractivity contribution in [2.75, 3.05) is 11.2 Å². The van der Waals surface area contributed by atoms with Crippen molar-refractivity contribution in [3.05, 3.63) is 29.8 Å². The second-order valence-electron chi connectivity index (χ2n) is 4.87. The lowest BCUT2D eigenvalue weighted by atomic mass is 10.1. The standard InChI is InChI=1S/C14H17ClN2O2/c1-9(8-15)13(18)17-12-4-2-3-10(7-12)14(19)16-11-5-6-11/h2-4,7,9,11H,5-6,8H2,1H3,(H,16,19)(H,17,18). The second kappa shape index (κ2) is 6.06. The number of halogens is 1. The molecule has 1 unspecified atom stereocenters. The fourth-order valence-corrected chi connectivity index (χ4v) is 1.71. The van der Waals surface area contributed by atoms with Crippen molar-refractivity contribution in [3.63, 3.8) is 0 Å². The molecule has 102 valence electrons. The lowest BCUT2D eigenvalue weighted by molar-refractivity contribution is -0.118. The minimum absolute atomic E-state index is 0.0935. The van der Waals surface area contributed by atoms with Crippen LogP contribution < -0.4 is 10.6 Å². The molecule has 0 saturated heterocycles. The zero-order chi connectivity index (χ0) is 13.8. The second-order valence-corrected chi connectivity index (χ2v) is 5.18. The first-order chi connectivity index (χ1) is 9.10. The SMILES string of the molecule is CC(CCl)C(=O)Nc1cccc(C(=O)NC2CC2)c1. The highest BCUT2D eigenvalue weighted by atomic mass is 35.5. The summed E-state index contributed by atoms with van der Waals surface area (Å²) in [5.41, 5.74) is 1.17. The van der Waals surface area contributed by atoms with Gasteiger partial charge in [0.2, 0.25) is 5.91 Å². The maximum Gasteiger partial charge on any atom is 0.251 e. The number of rotatable bonds is 5. The number of anilines is 1. The van der Waals surface area contributed by atoms with Crippen LogP contribution in [0.15, 0.2) is 24.3 Å². The number of hydrogen-bond donors (Lipinski definition) is 2. The summed E-state index contributed by atoms with van der Waals surface area (Å²) in [5, 5.41) is 5.67. The molecule has 1 aromatic rings. The quantitative estimate of drug-likeness (QED) is 0.814. The monoisotopic (exact) mass is 280 g/mol. The fourth-order valence-electron chi connectivity index (χ4n) is 1.57. The van der Waals surface area contributed by atoms with Crippen LogP contribution in [0.5, 0.6) is 0 Å². The van der Waals surface area contributed by atoms with Crippen molar-refractivity contribution in [1.29, 1.82) is 0 Å². The Labute approximate surface area is 117 Å². The van der Waals surface area contributed by atoms with E-state index in [4.69, 9.17) is 11.6 Å². The number of nitrogens with one attached hydrogen (secondary N) is 2. The van der Waals surface area contributed by atoms with Crippen LogP contribution in [0.1, 0.15) is 30.1 Å². The molecule has 1 aromatic carbocycles. The molecule has 2 rings (SSSR count). The van der Waals surface area contributed by atoms with Gasteiger partial charge in [0.1, 0.15) is 0 Å². The van der Waals surface area contributed by atoms with E-state index in [0.29, 0.717) is 17.3 Å². The van der Waals surface area contributed by atoms with Gasteiger partial charge in [-0.25, -0.2) is 0 Å². The molecule has 5 heteroatoms. The molecule has 0 bridgehead atoms. The van der Waals surface area contributed by atoms with Crippen LogP contribution in [0.2, 0.25) is 0 Å². The fraction of sp³-hybridized carbons (Fsp3) is 0.429. The van der Waals surface area contributed by atoms with Crippen LogP contribution in [-0.4, -0.2) is 23.7 Å². The van der Waals surface area contributed by atoms with E-state index in [9.17, 15) is 9.59 Å². The molecule has 1 fully saturated rings. The molecule has 2 N–H and O–H groups in total. The smallest absolute Gasteiger partial charge is 0.251 e. The summed E-state index contributed by atoms with van der Waals surface area (Å²) in [6.45, 7) is 1.76. The van der Waals surface area contributed by atoms with Crippen molar-refractivity contribution in [1.82, 2.24) is 5.32 Å². The first kappa shape index (κ1) is 13.9. The highest BCUT2D eigenvalue weighted by Gasteiger charge is 2.23. The van der Waals surface area contributed by atoms with E-state index in [-0.39, 0.29) is 23.6 Å². The number of carbonyl (C=O) groups excluding carboxylic acids is 2. The van der Waals surface area contributed by atoms with Crippen LogP contribution in [0.3, 0.4) is 0 Å². The third-order valence-electron chi connectivity index (χ3n) is 2.98. The molecule has 1 atom stereocenters. The largest absolute Gasteiger partial charge is 0.349 e. The summed E-state index contributed by atoms with van der Waals surface area (Å²) >= 11 is 5.63. The third kappa shape index (κ3) is 3.96. The number of hydrogen-bond acceptors (Lipinski definition) is 2. The van der Waals surface area contributed by atoms with Gasteiger partial charge in [0, 0.05) is 29.1 Å². The molecule has 1 aliphatic carbocycles. The Morgan fingerprint density at radius 3 is 2.79 bits per heavy atom. The molecule has 0 spiro atoms. The molecule has 1 saturated carbocycles. The topological polar surface area (TPSA) is 58.2 Å². The summed E-state index contributed by atoms with van der Waals surface area (Å²) in [5.74, 6) is -0.224. The Hall–Kier alpha value is -1.55. The van der Waals surface area contributed by atoms with Crippen molar-refractivity contribution in [2.45, 2.75) is 25.8 Å². The van der Waals surface area contributed by atoms with Crippen LogP contribution in [0.4, 0.5) is 5.69 Å². The van der Waals surface area contributed by atoms with Gasteiger partial charge in [-0.3, -0.25) is 9.59 Å². The van der Waals surface area contributed by atoms with E-state index < -0.39 is 0 Å². The molecule has 0 aromatic heterocycles. The Kier molecular flexibility index (Phi) is 4.43. The van der Waals surface area contributed by atoms with Gasteiger partial charge in [-0.15, -0.1) is 11.6 Å². The average Bonchev–Trinajstić information content (AvgIpc) is 3.22.